The van der Waals surface area contributed by atoms with E-state index in [0.29, 0.717) is 6.42 Å². The predicted molar refractivity (Wildman–Crippen MR) is 82.0 cm³/mol. The third kappa shape index (κ3) is 4.51. The molecule has 22 heavy (non-hydrogen) atoms. The minimum absolute atomic E-state index is 0.0508. The monoisotopic (exact) mass is 326 g/mol. The molecule has 2 amide bonds. The molecule has 0 aliphatic carbocycles. The van der Waals surface area contributed by atoms with Crippen LogP contribution in [-0.4, -0.2) is 23.3 Å². The molecule has 1 aromatic carbocycles. The molecule has 0 bridgehead atoms. The molecular formula is C15H16F2N2O2S. The number of carbonyl (C=O) groups excluding carboxylic acids is 1. The number of para-hydroxylation sites is 1. The molecule has 0 spiro atoms. The van der Waals surface area contributed by atoms with E-state index in [1.54, 1.807) is 6.92 Å². The highest BCUT2D eigenvalue weighted by atomic mass is 32.1. The van der Waals surface area contributed by atoms with Crippen LogP contribution in [0.15, 0.2) is 35.0 Å². The van der Waals surface area contributed by atoms with Gasteiger partial charge in [0.1, 0.15) is 17.3 Å². The van der Waals surface area contributed by atoms with Gasteiger partial charge in [-0.2, -0.15) is 11.3 Å². The quantitative estimate of drug-likeness (QED) is 0.790. The number of nitrogens with one attached hydrogen (secondary N) is 2. The van der Waals surface area contributed by atoms with E-state index in [1.807, 2.05) is 16.8 Å². The molecule has 1 aromatic heterocycles. The highest BCUT2D eigenvalue weighted by Crippen LogP contribution is 2.18. The molecule has 1 atom stereocenters. The van der Waals surface area contributed by atoms with Gasteiger partial charge in [-0.05, 0) is 41.4 Å². The van der Waals surface area contributed by atoms with E-state index in [2.05, 4.69) is 10.6 Å². The van der Waals surface area contributed by atoms with Crippen LogP contribution in [0.25, 0.3) is 0 Å². The van der Waals surface area contributed by atoms with Gasteiger partial charge in [0.25, 0.3) is 0 Å². The molecule has 0 radical (unpaired) electrons. The lowest BCUT2D eigenvalue weighted by Gasteiger charge is -2.23. The van der Waals surface area contributed by atoms with E-state index in [-0.39, 0.29) is 6.54 Å². The number of rotatable bonds is 5. The van der Waals surface area contributed by atoms with Crippen molar-refractivity contribution < 1.29 is 18.7 Å². The number of urea groups is 1. The Kier molecular flexibility index (Phi) is 5.10. The van der Waals surface area contributed by atoms with Gasteiger partial charge in [-0.15, -0.1) is 0 Å². The van der Waals surface area contributed by atoms with E-state index in [4.69, 9.17) is 0 Å². The maximum atomic E-state index is 13.4. The van der Waals surface area contributed by atoms with E-state index >= 15 is 0 Å². The summed E-state index contributed by atoms with van der Waals surface area (Å²) in [6.07, 6.45) is 0.366. The van der Waals surface area contributed by atoms with Gasteiger partial charge >= 0.3 is 6.03 Å². The number of thiophene rings is 1. The third-order valence-electron chi connectivity index (χ3n) is 3.00. The van der Waals surface area contributed by atoms with Crippen molar-refractivity contribution in [3.8, 4) is 0 Å². The molecule has 3 N–H and O–H groups in total. The summed E-state index contributed by atoms with van der Waals surface area (Å²) >= 11 is 1.52. The van der Waals surface area contributed by atoms with Gasteiger partial charge in [0.05, 0.1) is 5.60 Å². The summed E-state index contributed by atoms with van der Waals surface area (Å²) in [6, 6.07) is 4.40. The number of anilines is 1. The highest BCUT2D eigenvalue weighted by Gasteiger charge is 2.22. The fraction of sp³-hybridized carbons (Fsp3) is 0.267. The molecule has 1 heterocycles. The first kappa shape index (κ1) is 16.4. The van der Waals surface area contributed by atoms with E-state index in [9.17, 15) is 18.7 Å². The van der Waals surface area contributed by atoms with E-state index in [1.165, 1.54) is 17.4 Å². The lowest BCUT2D eigenvalue weighted by molar-refractivity contribution is 0.0630. The zero-order valence-electron chi connectivity index (χ0n) is 11.9. The van der Waals surface area contributed by atoms with Crippen LogP contribution in [0.3, 0.4) is 0 Å². The molecule has 0 fully saturated rings. The highest BCUT2D eigenvalue weighted by molar-refractivity contribution is 7.07. The van der Waals surface area contributed by atoms with Crippen LogP contribution in [0.5, 0.6) is 0 Å². The summed E-state index contributed by atoms with van der Waals surface area (Å²) < 4.78 is 26.8. The average Bonchev–Trinajstić information content (AvgIpc) is 2.93. The fourth-order valence-electron chi connectivity index (χ4n) is 1.94. The number of amides is 2. The molecule has 0 saturated carbocycles. The van der Waals surface area contributed by atoms with Gasteiger partial charge < -0.3 is 15.7 Å². The molecule has 2 rings (SSSR count). The van der Waals surface area contributed by atoms with Crippen molar-refractivity contribution in [2.45, 2.75) is 18.9 Å². The summed E-state index contributed by atoms with van der Waals surface area (Å²) in [5.74, 6) is -1.72. The summed E-state index contributed by atoms with van der Waals surface area (Å²) in [4.78, 5) is 11.7. The zero-order valence-corrected chi connectivity index (χ0v) is 12.7. The molecule has 0 aliphatic heterocycles. The van der Waals surface area contributed by atoms with Crippen LogP contribution >= 0.6 is 11.3 Å². The number of aliphatic hydroxyl groups is 1. The number of hydrogen-bond donors (Lipinski definition) is 3. The minimum atomic E-state index is -1.16. The number of hydrogen-bond acceptors (Lipinski definition) is 3. The van der Waals surface area contributed by atoms with Crippen molar-refractivity contribution in [3.63, 3.8) is 0 Å². The Balaban J connectivity index is 1.89. The van der Waals surface area contributed by atoms with Gasteiger partial charge in [0.2, 0.25) is 0 Å². The second-order valence-corrected chi connectivity index (χ2v) is 5.99. The Morgan fingerprint density at radius 1 is 1.32 bits per heavy atom. The SMILES string of the molecule is CC(O)(CNC(=O)Nc1c(F)cccc1F)Cc1ccsc1. The van der Waals surface area contributed by atoms with Crippen molar-refractivity contribution in [3.05, 3.63) is 52.2 Å². The second kappa shape index (κ2) is 6.85. The average molecular weight is 326 g/mol. The fourth-order valence-corrected chi connectivity index (χ4v) is 2.61. The lowest BCUT2D eigenvalue weighted by atomic mass is 9.98. The normalized spacial score (nSPS) is 13.5. The van der Waals surface area contributed by atoms with Crippen molar-refractivity contribution in [2.75, 3.05) is 11.9 Å². The first-order valence-corrected chi connectivity index (χ1v) is 7.54. The van der Waals surface area contributed by atoms with Crippen molar-refractivity contribution in [2.24, 2.45) is 0 Å². The smallest absolute Gasteiger partial charge is 0.319 e. The Bertz CT molecular complexity index is 625. The molecule has 7 heteroatoms. The number of halogens is 2. The van der Waals surface area contributed by atoms with Crippen LogP contribution in [0.2, 0.25) is 0 Å². The van der Waals surface area contributed by atoms with Gasteiger partial charge in [0.15, 0.2) is 0 Å². The maximum absolute atomic E-state index is 13.4. The van der Waals surface area contributed by atoms with Gasteiger partial charge in [-0.1, -0.05) is 6.07 Å². The lowest BCUT2D eigenvalue weighted by Crippen LogP contribution is -2.43. The van der Waals surface area contributed by atoms with Gasteiger partial charge in [-0.3, -0.25) is 0 Å². The molecule has 1 unspecified atom stereocenters. The van der Waals surface area contributed by atoms with Crippen LogP contribution in [0.4, 0.5) is 19.3 Å². The summed E-state index contributed by atoms with van der Waals surface area (Å²) in [7, 11) is 0. The van der Waals surface area contributed by atoms with Crippen LogP contribution in [-0.2, 0) is 6.42 Å². The van der Waals surface area contributed by atoms with Crippen molar-refractivity contribution in [1.29, 1.82) is 0 Å². The summed E-state index contributed by atoms with van der Waals surface area (Å²) in [5.41, 5.74) is -0.721. The Morgan fingerprint density at radius 2 is 2.00 bits per heavy atom. The van der Waals surface area contributed by atoms with E-state index < -0.39 is 29.0 Å². The molecule has 4 nitrogen and oxygen atoms in total. The summed E-state index contributed by atoms with van der Waals surface area (Å²) in [5, 5.41) is 18.5. The Hall–Kier alpha value is -1.99. The second-order valence-electron chi connectivity index (χ2n) is 5.21. The molecule has 2 aromatic rings. The topological polar surface area (TPSA) is 61.4 Å². The number of carbonyl (C=O) groups is 1. The molecular weight excluding hydrogens is 310 g/mol. The Morgan fingerprint density at radius 3 is 2.59 bits per heavy atom. The first-order chi connectivity index (χ1) is 10.4. The van der Waals surface area contributed by atoms with Gasteiger partial charge in [-0.25, -0.2) is 13.6 Å². The van der Waals surface area contributed by atoms with E-state index in [0.717, 1.165) is 17.7 Å². The van der Waals surface area contributed by atoms with Crippen LogP contribution in [0, 0.1) is 11.6 Å². The van der Waals surface area contributed by atoms with Gasteiger partial charge in [0, 0.05) is 13.0 Å². The Labute approximate surface area is 130 Å². The molecule has 118 valence electrons. The number of benzene rings is 1. The van der Waals surface area contributed by atoms with Crippen molar-refractivity contribution >= 4 is 23.1 Å². The zero-order chi connectivity index (χ0) is 16.2. The molecule has 0 saturated heterocycles. The summed E-state index contributed by atoms with van der Waals surface area (Å²) in [6.45, 7) is 1.53. The van der Waals surface area contributed by atoms with Crippen molar-refractivity contribution in [1.82, 2.24) is 5.32 Å². The maximum Gasteiger partial charge on any atom is 0.319 e. The predicted octanol–water partition coefficient (Wildman–Crippen LogP) is 3.14. The molecule has 0 aliphatic rings. The van der Waals surface area contributed by atoms with Crippen LogP contribution < -0.4 is 10.6 Å². The third-order valence-corrected chi connectivity index (χ3v) is 3.73. The first-order valence-electron chi connectivity index (χ1n) is 6.60. The van der Waals surface area contributed by atoms with Crippen LogP contribution in [0.1, 0.15) is 12.5 Å². The standard InChI is InChI=1S/C15H16F2N2O2S/c1-15(21,7-10-5-6-22-8-10)9-18-14(20)19-13-11(16)3-2-4-12(13)17/h2-6,8,21H,7,9H2,1H3,(H2,18,19,20). The largest absolute Gasteiger partial charge is 0.388 e. The minimum Gasteiger partial charge on any atom is -0.388 e.